The standard InChI is InChI=1S/C23H25ClN2O4S/c1-4-29-21(30-5-2)14-25-22(27)16-9-10-19-18(13-16)26(3)23(28)20(31-19)12-15-7-6-8-17(24)11-15/h6-13,21H,4-5,14H2,1-3H3,(H,25,27)/b20-12-. The first kappa shape index (κ1) is 23.3. The van der Waals surface area contributed by atoms with Crippen LogP contribution in [0.2, 0.25) is 5.02 Å². The highest BCUT2D eigenvalue weighted by Gasteiger charge is 2.27. The van der Waals surface area contributed by atoms with Crippen LogP contribution in [0.4, 0.5) is 5.69 Å². The Morgan fingerprint density at radius 3 is 2.61 bits per heavy atom. The van der Waals surface area contributed by atoms with Gasteiger partial charge in [-0.1, -0.05) is 35.5 Å². The maximum absolute atomic E-state index is 12.9. The van der Waals surface area contributed by atoms with Crippen LogP contribution in [-0.2, 0) is 14.3 Å². The lowest BCUT2D eigenvalue weighted by atomic mass is 10.1. The average Bonchev–Trinajstić information content (AvgIpc) is 2.75. The van der Waals surface area contributed by atoms with Crippen molar-refractivity contribution in [3.05, 3.63) is 63.5 Å². The van der Waals surface area contributed by atoms with Crippen LogP contribution < -0.4 is 10.2 Å². The fourth-order valence-corrected chi connectivity index (χ4v) is 4.39. The maximum atomic E-state index is 12.9. The van der Waals surface area contributed by atoms with Gasteiger partial charge in [-0.2, -0.15) is 0 Å². The van der Waals surface area contributed by atoms with E-state index < -0.39 is 6.29 Å². The molecule has 0 unspecified atom stereocenters. The van der Waals surface area contributed by atoms with Gasteiger partial charge in [-0.15, -0.1) is 0 Å². The fraction of sp³-hybridized carbons (Fsp3) is 0.304. The maximum Gasteiger partial charge on any atom is 0.264 e. The second-order valence-electron chi connectivity index (χ2n) is 6.76. The molecule has 31 heavy (non-hydrogen) atoms. The predicted molar refractivity (Wildman–Crippen MR) is 125 cm³/mol. The van der Waals surface area contributed by atoms with Crippen LogP contribution >= 0.6 is 23.4 Å². The number of carbonyl (C=O) groups is 2. The molecule has 2 amide bonds. The van der Waals surface area contributed by atoms with Gasteiger partial charge in [-0.05, 0) is 55.8 Å². The van der Waals surface area contributed by atoms with Gasteiger partial charge in [0, 0.05) is 35.7 Å². The highest BCUT2D eigenvalue weighted by atomic mass is 35.5. The Morgan fingerprint density at radius 2 is 1.94 bits per heavy atom. The SMILES string of the molecule is CCOC(CNC(=O)c1ccc2c(c1)N(C)C(=O)/C(=C/c1cccc(Cl)c1)S2)OCC. The van der Waals surface area contributed by atoms with E-state index in [1.165, 1.54) is 11.8 Å². The van der Waals surface area contributed by atoms with Crippen molar-refractivity contribution in [3.63, 3.8) is 0 Å². The number of nitrogens with zero attached hydrogens (tertiary/aromatic N) is 1. The summed E-state index contributed by atoms with van der Waals surface area (Å²) in [5.41, 5.74) is 2.01. The van der Waals surface area contributed by atoms with E-state index in [-0.39, 0.29) is 18.4 Å². The molecule has 0 saturated heterocycles. The molecular formula is C23H25ClN2O4S. The summed E-state index contributed by atoms with van der Waals surface area (Å²) in [5, 5.41) is 3.44. The monoisotopic (exact) mass is 460 g/mol. The molecule has 0 fully saturated rings. The van der Waals surface area contributed by atoms with Crippen molar-refractivity contribution in [1.82, 2.24) is 5.32 Å². The number of hydrogen-bond acceptors (Lipinski definition) is 5. The summed E-state index contributed by atoms with van der Waals surface area (Å²) in [6, 6.07) is 12.7. The minimum absolute atomic E-state index is 0.136. The van der Waals surface area contributed by atoms with E-state index in [1.807, 2.05) is 44.2 Å². The first-order valence-corrected chi connectivity index (χ1v) is 11.2. The lowest BCUT2D eigenvalue weighted by molar-refractivity contribution is -0.131. The van der Waals surface area contributed by atoms with E-state index in [0.717, 1.165) is 10.5 Å². The van der Waals surface area contributed by atoms with Gasteiger partial charge in [0.15, 0.2) is 6.29 Å². The zero-order chi connectivity index (χ0) is 22.4. The molecule has 3 rings (SSSR count). The van der Waals surface area contributed by atoms with Gasteiger partial charge < -0.3 is 19.7 Å². The van der Waals surface area contributed by atoms with E-state index in [0.29, 0.717) is 34.4 Å². The number of rotatable bonds is 8. The molecule has 0 aromatic heterocycles. The zero-order valence-electron chi connectivity index (χ0n) is 17.7. The van der Waals surface area contributed by atoms with Crippen molar-refractivity contribution in [3.8, 4) is 0 Å². The molecule has 0 aliphatic carbocycles. The molecule has 0 bridgehead atoms. The molecule has 6 nitrogen and oxygen atoms in total. The van der Waals surface area contributed by atoms with Crippen molar-refractivity contribution >= 4 is 46.9 Å². The average molecular weight is 461 g/mol. The number of nitrogens with one attached hydrogen (secondary N) is 1. The minimum Gasteiger partial charge on any atom is -0.351 e. The fourth-order valence-electron chi connectivity index (χ4n) is 3.10. The molecule has 2 aromatic rings. The number of hydrogen-bond donors (Lipinski definition) is 1. The highest BCUT2D eigenvalue weighted by Crippen LogP contribution is 2.42. The third-order valence-corrected chi connectivity index (χ3v) is 5.91. The van der Waals surface area contributed by atoms with Crippen LogP contribution in [0.5, 0.6) is 0 Å². The largest absolute Gasteiger partial charge is 0.351 e. The van der Waals surface area contributed by atoms with Gasteiger partial charge in [0.25, 0.3) is 11.8 Å². The van der Waals surface area contributed by atoms with Gasteiger partial charge in [0.1, 0.15) is 0 Å². The van der Waals surface area contributed by atoms with Crippen molar-refractivity contribution in [2.45, 2.75) is 25.0 Å². The van der Waals surface area contributed by atoms with E-state index in [1.54, 1.807) is 30.1 Å². The van der Waals surface area contributed by atoms with Gasteiger partial charge in [0.2, 0.25) is 0 Å². The Morgan fingerprint density at radius 1 is 1.19 bits per heavy atom. The molecule has 1 aliphatic rings. The first-order chi connectivity index (χ1) is 14.9. The lowest BCUT2D eigenvalue weighted by Gasteiger charge is -2.27. The number of halogens is 1. The molecule has 1 N–H and O–H groups in total. The number of likely N-dealkylation sites (N-methyl/N-ethyl adjacent to an activating group) is 1. The third-order valence-electron chi connectivity index (χ3n) is 4.60. The Hall–Kier alpha value is -2.32. The molecular weight excluding hydrogens is 436 g/mol. The van der Waals surface area contributed by atoms with Crippen LogP contribution in [-0.4, -0.2) is 44.9 Å². The van der Waals surface area contributed by atoms with Crippen LogP contribution in [0.25, 0.3) is 6.08 Å². The normalized spacial score (nSPS) is 14.8. The highest BCUT2D eigenvalue weighted by molar-refractivity contribution is 8.04. The van der Waals surface area contributed by atoms with E-state index in [4.69, 9.17) is 21.1 Å². The third kappa shape index (κ3) is 5.89. The van der Waals surface area contributed by atoms with E-state index in [2.05, 4.69) is 5.32 Å². The Bertz CT molecular complexity index is 989. The number of thioether (sulfide) groups is 1. The minimum atomic E-state index is -0.490. The van der Waals surface area contributed by atoms with Crippen molar-refractivity contribution < 1.29 is 19.1 Å². The number of fused-ring (bicyclic) bond motifs is 1. The van der Waals surface area contributed by atoms with E-state index >= 15 is 0 Å². The summed E-state index contributed by atoms with van der Waals surface area (Å²) < 4.78 is 10.9. The first-order valence-electron chi connectivity index (χ1n) is 10.0. The number of anilines is 1. The van der Waals surface area contributed by atoms with Crippen LogP contribution in [0.1, 0.15) is 29.8 Å². The second-order valence-corrected chi connectivity index (χ2v) is 8.28. The van der Waals surface area contributed by atoms with Gasteiger partial charge in [-0.25, -0.2) is 0 Å². The van der Waals surface area contributed by atoms with E-state index in [9.17, 15) is 9.59 Å². The molecule has 8 heteroatoms. The summed E-state index contributed by atoms with van der Waals surface area (Å²) in [6.45, 7) is 4.98. The van der Waals surface area contributed by atoms with Crippen molar-refractivity contribution in [2.75, 3.05) is 31.7 Å². The number of benzene rings is 2. The molecule has 1 heterocycles. The summed E-state index contributed by atoms with van der Waals surface area (Å²) in [4.78, 5) is 28.5. The van der Waals surface area contributed by atoms with Gasteiger partial charge >= 0.3 is 0 Å². The summed E-state index contributed by atoms with van der Waals surface area (Å²) >= 11 is 7.43. The molecule has 0 saturated carbocycles. The summed E-state index contributed by atoms with van der Waals surface area (Å²) in [6.07, 6.45) is 1.33. The van der Waals surface area contributed by atoms with Crippen LogP contribution in [0, 0.1) is 0 Å². The Labute approximate surface area is 191 Å². The number of carbonyl (C=O) groups excluding carboxylic acids is 2. The number of ether oxygens (including phenoxy) is 2. The molecule has 1 aliphatic heterocycles. The smallest absolute Gasteiger partial charge is 0.264 e. The zero-order valence-corrected chi connectivity index (χ0v) is 19.3. The van der Waals surface area contributed by atoms with Gasteiger partial charge in [-0.3, -0.25) is 9.59 Å². The Balaban J connectivity index is 1.76. The van der Waals surface area contributed by atoms with Crippen molar-refractivity contribution in [1.29, 1.82) is 0 Å². The second kappa shape index (κ2) is 10.8. The van der Waals surface area contributed by atoms with Crippen LogP contribution in [0.15, 0.2) is 52.3 Å². The van der Waals surface area contributed by atoms with Gasteiger partial charge in [0.05, 0.1) is 17.1 Å². The molecule has 0 spiro atoms. The Kier molecular flexibility index (Phi) is 8.15. The van der Waals surface area contributed by atoms with Crippen molar-refractivity contribution in [2.24, 2.45) is 0 Å². The predicted octanol–water partition coefficient (Wildman–Crippen LogP) is 4.58. The lowest BCUT2D eigenvalue weighted by Crippen LogP contribution is -2.35. The van der Waals surface area contributed by atoms with Crippen LogP contribution in [0.3, 0.4) is 0 Å². The number of amides is 2. The molecule has 0 radical (unpaired) electrons. The quantitative estimate of drug-likeness (QED) is 0.461. The topological polar surface area (TPSA) is 67.9 Å². The molecule has 2 aromatic carbocycles. The molecule has 0 atom stereocenters. The summed E-state index contributed by atoms with van der Waals surface area (Å²) in [7, 11) is 1.70. The molecule has 164 valence electrons. The summed E-state index contributed by atoms with van der Waals surface area (Å²) in [5.74, 6) is -0.388.